The first-order valence-corrected chi connectivity index (χ1v) is 15.5. The molecule has 0 heterocycles. The van der Waals surface area contributed by atoms with E-state index in [0.717, 1.165) is 22.3 Å². The smallest absolute Gasteiger partial charge is 0.0569 e. The summed E-state index contributed by atoms with van der Waals surface area (Å²) in [6, 6.07) is 50.4. The SMILES string of the molecule is C[Si](C)(C)c1cc(-c2[c-]cccc2)[c-]cc1-c1ccccc1.Cc1ccc[c-]c1-c1[c-]cccc1.[Ir]. The fraction of sp³-hybridized carbons (Fsp3) is 0.118. The van der Waals surface area contributed by atoms with Crippen LogP contribution >= 0.6 is 0 Å². The predicted octanol–water partition coefficient (Wildman–Crippen LogP) is 8.43. The summed E-state index contributed by atoms with van der Waals surface area (Å²) in [4.78, 5) is 0. The summed E-state index contributed by atoms with van der Waals surface area (Å²) in [6.45, 7) is 9.28. The largest absolute Gasteiger partial charge is 0.226 e. The second kappa shape index (κ2) is 12.8. The molecule has 5 aromatic rings. The van der Waals surface area contributed by atoms with Crippen molar-refractivity contribution in [1.82, 2.24) is 0 Å². The molecule has 5 aromatic carbocycles. The van der Waals surface area contributed by atoms with Gasteiger partial charge in [0.1, 0.15) is 0 Å². The van der Waals surface area contributed by atoms with Gasteiger partial charge in [0.05, 0.1) is 8.07 Å². The van der Waals surface area contributed by atoms with Crippen molar-refractivity contribution in [2.75, 3.05) is 0 Å². The van der Waals surface area contributed by atoms with Gasteiger partial charge >= 0.3 is 0 Å². The molecule has 36 heavy (non-hydrogen) atoms. The van der Waals surface area contributed by atoms with E-state index in [1.54, 1.807) is 0 Å². The molecule has 0 aliphatic heterocycles. The van der Waals surface area contributed by atoms with Crippen LogP contribution in [0.3, 0.4) is 0 Å². The minimum absolute atomic E-state index is 0. The van der Waals surface area contributed by atoms with Crippen LogP contribution in [0.5, 0.6) is 0 Å². The third kappa shape index (κ3) is 7.01. The third-order valence-corrected chi connectivity index (χ3v) is 7.92. The van der Waals surface area contributed by atoms with E-state index in [-0.39, 0.29) is 20.1 Å². The molecule has 0 spiro atoms. The molecule has 5 rings (SSSR count). The second-order valence-corrected chi connectivity index (χ2v) is 14.6. The summed E-state index contributed by atoms with van der Waals surface area (Å²) in [6.07, 6.45) is 0. The average molecular weight is 659 g/mol. The summed E-state index contributed by atoms with van der Waals surface area (Å²) in [5.74, 6) is 0. The summed E-state index contributed by atoms with van der Waals surface area (Å²) in [5.41, 5.74) is 8.34. The van der Waals surface area contributed by atoms with Crippen LogP contribution in [0.4, 0.5) is 0 Å². The van der Waals surface area contributed by atoms with Gasteiger partial charge < -0.3 is 0 Å². The van der Waals surface area contributed by atoms with Gasteiger partial charge in [-0.15, -0.1) is 35.0 Å². The quantitative estimate of drug-likeness (QED) is 0.134. The van der Waals surface area contributed by atoms with Crippen molar-refractivity contribution < 1.29 is 20.1 Å². The molecule has 0 aliphatic rings. The Morgan fingerprint density at radius 2 is 1.19 bits per heavy atom. The molecule has 0 nitrogen and oxygen atoms in total. The number of hydrogen-bond donors (Lipinski definition) is 0. The Labute approximate surface area is 231 Å². The van der Waals surface area contributed by atoms with E-state index < -0.39 is 8.07 Å². The number of benzene rings is 5. The molecule has 1 radical (unpaired) electrons. The fourth-order valence-electron chi connectivity index (χ4n) is 4.04. The van der Waals surface area contributed by atoms with Crippen molar-refractivity contribution in [3.05, 3.63) is 139 Å². The molecule has 0 unspecified atom stereocenters. The van der Waals surface area contributed by atoms with Crippen molar-refractivity contribution in [3.8, 4) is 33.4 Å². The van der Waals surface area contributed by atoms with Gasteiger partial charge in [0.15, 0.2) is 0 Å². The van der Waals surface area contributed by atoms with E-state index in [9.17, 15) is 0 Å². The number of rotatable bonds is 4. The first-order valence-electron chi connectivity index (χ1n) is 12.0. The third-order valence-electron chi connectivity index (χ3n) is 5.89. The number of aryl methyl sites for hydroxylation is 1. The van der Waals surface area contributed by atoms with E-state index >= 15 is 0 Å². The summed E-state index contributed by atoms with van der Waals surface area (Å²) >= 11 is 0. The van der Waals surface area contributed by atoms with Gasteiger partial charge in [0.25, 0.3) is 0 Å². The van der Waals surface area contributed by atoms with Crippen molar-refractivity contribution in [2.24, 2.45) is 0 Å². The van der Waals surface area contributed by atoms with E-state index in [2.05, 4.69) is 118 Å². The molecule has 0 atom stereocenters. The first-order chi connectivity index (χ1) is 16.9. The summed E-state index contributed by atoms with van der Waals surface area (Å²) in [7, 11) is -1.46. The summed E-state index contributed by atoms with van der Waals surface area (Å²) in [5, 5.41) is 1.48. The maximum atomic E-state index is 3.46. The average Bonchev–Trinajstić information content (AvgIpc) is 2.90. The van der Waals surface area contributed by atoms with Gasteiger partial charge in [-0.3, -0.25) is 0 Å². The Bertz CT molecular complexity index is 1360. The van der Waals surface area contributed by atoms with Gasteiger partial charge in [-0.25, -0.2) is 22.3 Å². The Balaban J connectivity index is 0.000000221. The minimum atomic E-state index is -1.46. The topological polar surface area (TPSA) is 0 Å². The molecular weight excluding hydrogens is 629 g/mol. The standard InChI is InChI=1S/C21H20Si.C13H10.Ir/c1-22(2,3)21-16-19(17-10-6-4-7-11-17)14-15-20(21)18-12-8-5-9-13-18;1-11-7-5-6-10-13(11)12-8-3-2-4-9-12;/h4-10,12-13,15-16H,1-3H3;2-8H,1H3;/q2*-2;. The van der Waals surface area contributed by atoms with Crippen molar-refractivity contribution in [1.29, 1.82) is 0 Å². The van der Waals surface area contributed by atoms with Gasteiger partial charge in [0.2, 0.25) is 0 Å². The molecule has 0 bridgehead atoms. The van der Waals surface area contributed by atoms with Crippen molar-refractivity contribution in [2.45, 2.75) is 26.6 Å². The maximum Gasteiger partial charge on any atom is 0.0569 e. The molecular formula is C34H30IrSi-4. The van der Waals surface area contributed by atoms with Gasteiger partial charge in [0, 0.05) is 20.1 Å². The zero-order valence-electron chi connectivity index (χ0n) is 21.2. The second-order valence-electron chi connectivity index (χ2n) is 9.57. The van der Waals surface area contributed by atoms with Crippen LogP contribution in [-0.2, 0) is 20.1 Å². The molecule has 0 fully saturated rings. The van der Waals surface area contributed by atoms with Gasteiger partial charge in [-0.1, -0.05) is 62.5 Å². The first kappa shape index (κ1) is 27.6. The van der Waals surface area contributed by atoms with E-state index in [0.29, 0.717) is 0 Å². The Morgan fingerprint density at radius 1 is 0.583 bits per heavy atom. The van der Waals surface area contributed by atoms with Crippen LogP contribution in [0.25, 0.3) is 33.4 Å². The molecule has 0 aromatic heterocycles. The van der Waals surface area contributed by atoms with Crippen LogP contribution in [0.1, 0.15) is 5.56 Å². The van der Waals surface area contributed by atoms with Crippen LogP contribution in [0.15, 0.2) is 109 Å². The van der Waals surface area contributed by atoms with E-state index in [4.69, 9.17) is 0 Å². The Morgan fingerprint density at radius 3 is 1.78 bits per heavy atom. The van der Waals surface area contributed by atoms with Crippen molar-refractivity contribution in [3.63, 3.8) is 0 Å². The fourth-order valence-corrected chi connectivity index (χ4v) is 5.65. The van der Waals surface area contributed by atoms with Crippen LogP contribution in [-0.4, -0.2) is 8.07 Å². The van der Waals surface area contributed by atoms with E-state index in [1.165, 1.54) is 21.9 Å². The van der Waals surface area contributed by atoms with E-state index in [1.807, 2.05) is 42.5 Å². The van der Waals surface area contributed by atoms with Crippen LogP contribution < -0.4 is 5.19 Å². The van der Waals surface area contributed by atoms with Crippen LogP contribution in [0.2, 0.25) is 19.6 Å². The molecule has 183 valence electrons. The molecule has 0 aliphatic carbocycles. The minimum Gasteiger partial charge on any atom is -0.226 e. The molecule has 0 N–H and O–H groups in total. The Hall–Kier alpha value is -3.03. The maximum absolute atomic E-state index is 3.46. The molecule has 0 saturated carbocycles. The molecule has 0 saturated heterocycles. The van der Waals surface area contributed by atoms with Crippen LogP contribution in [0, 0.1) is 31.2 Å². The zero-order valence-corrected chi connectivity index (χ0v) is 24.6. The normalized spacial score (nSPS) is 10.6. The number of hydrogen-bond acceptors (Lipinski definition) is 0. The van der Waals surface area contributed by atoms with Crippen molar-refractivity contribution >= 4 is 13.3 Å². The predicted molar refractivity (Wildman–Crippen MR) is 152 cm³/mol. The van der Waals surface area contributed by atoms with Gasteiger partial charge in [-0.05, 0) is 0 Å². The Kier molecular flexibility index (Phi) is 9.78. The molecule has 0 amide bonds. The zero-order chi connectivity index (χ0) is 24.7. The monoisotopic (exact) mass is 659 g/mol. The molecule has 2 heteroatoms. The summed E-state index contributed by atoms with van der Waals surface area (Å²) < 4.78 is 0. The van der Waals surface area contributed by atoms with Gasteiger partial charge in [-0.2, -0.15) is 84.4 Å².